The maximum atomic E-state index is 9.88. The van der Waals surface area contributed by atoms with E-state index in [-0.39, 0.29) is 12.7 Å². The highest BCUT2D eigenvalue weighted by molar-refractivity contribution is 5.71. The first-order valence-electron chi connectivity index (χ1n) is 10.2. The summed E-state index contributed by atoms with van der Waals surface area (Å²) < 4.78 is 16.7. The second-order valence-electron chi connectivity index (χ2n) is 8.15. The van der Waals surface area contributed by atoms with Crippen LogP contribution in [0.2, 0.25) is 0 Å². The van der Waals surface area contributed by atoms with E-state index >= 15 is 0 Å². The summed E-state index contributed by atoms with van der Waals surface area (Å²) in [5.74, 6) is 1.90. The van der Waals surface area contributed by atoms with Crippen molar-refractivity contribution in [2.75, 3.05) is 6.79 Å². The zero-order valence-electron chi connectivity index (χ0n) is 17.3. The molecule has 0 saturated heterocycles. The van der Waals surface area contributed by atoms with E-state index in [0.29, 0.717) is 28.9 Å². The van der Waals surface area contributed by atoms with Crippen molar-refractivity contribution in [3.8, 4) is 34.7 Å². The first-order valence-corrected chi connectivity index (χ1v) is 10.2. The summed E-state index contributed by atoms with van der Waals surface area (Å²) in [6.07, 6.45) is 1.02. The minimum atomic E-state index is -0.438. The standard InChI is InChI=1S/C24H22N4O3/c1-13(2)9-14-3-5-15(6-4-14)22-21-20(16-7-8-18-19(10-16)30-12-29-18)17(11-25)23(26)31-24(21)28-27-22/h3-8,10,13,20H,9,12,26H2,1-2H3,(H,27,28)/t20-/m0/s1. The van der Waals surface area contributed by atoms with Gasteiger partial charge in [-0.15, -0.1) is 5.10 Å². The fraction of sp³-hybridized carbons (Fsp3) is 0.250. The van der Waals surface area contributed by atoms with Crippen molar-refractivity contribution in [2.24, 2.45) is 11.7 Å². The number of ether oxygens (including phenoxy) is 3. The zero-order chi connectivity index (χ0) is 21.5. The van der Waals surface area contributed by atoms with Crippen molar-refractivity contribution < 1.29 is 14.2 Å². The summed E-state index contributed by atoms with van der Waals surface area (Å²) in [6.45, 7) is 4.58. The van der Waals surface area contributed by atoms with Crippen molar-refractivity contribution >= 4 is 0 Å². The molecule has 0 bridgehead atoms. The van der Waals surface area contributed by atoms with Crippen LogP contribution in [-0.2, 0) is 6.42 Å². The Bertz CT molecular complexity index is 1220. The van der Waals surface area contributed by atoms with Crippen molar-refractivity contribution in [1.82, 2.24) is 10.2 Å². The third-order valence-corrected chi connectivity index (χ3v) is 5.56. The summed E-state index contributed by atoms with van der Waals surface area (Å²) in [5, 5.41) is 17.3. The summed E-state index contributed by atoms with van der Waals surface area (Å²) >= 11 is 0. The number of nitriles is 1. The Morgan fingerprint density at radius 3 is 2.68 bits per heavy atom. The van der Waals surface area contributed by atoms with Crippen LogP contribution in [0.15, 0.2) is 53.9 Å². The van der Waals surface area contributed by atoms with Crippen LogP contribution >= 0.6 is 0 Å². The van der Waals surface area contributed by atoms with Gasteiger partial charge in [0.05, 0.1) is 17.2 Å². The monoisotopic (exact) mass is 414 g/mol. The number of hydrogen-bond acceptors (Lipinski definition) is 6. The molecule has 7 nitrogen and oxygen atoms in total. The molecule has 1 aromatic heterocycles. The van der Waals surface area contributed by atoms with Gasteiger partial charge in [-0.25, -0.2) is 0 Å². The summed E-state index contributed by atoms with van der Waals surface area (Å²) in [6, 6.07) is 16.2. The van der Waals surface area contributed by atoms with E-state index < -0.39 is 5.92 Å². The molecule has 0 aliphatic carbocycles. The normalized spacial score (nSPS) is 16.8. The van der Waals surface area contributed by atoms with Crippen molar-refractivity contribution in [3.63, 3.8) is 0 Å². The van der Waals surface area contributed by atoms with E-state index in [2.05, 4.69) is 54.4 Å². The van der Waals surface area contributed by atoms with Crippen LogP contribution in [0, 0.1) is 17.2 Å². The Balaban J connectivity index is 1.62. The topological polar surface area (TPSA) is 106 Å². The minimum absolute atomic E-state index is 0.0583. The lowest BCUT2D eigenvalue weighted by Gasteiger charge is -2.24. The van der Waals surface area contributed by atoms with Crippen LogP contribution in [-0.4, -0.2) is 17.0 Å². The van der Waals surface area contributed by atoms with E-state index in [1.165, 1.54) is 5.56 Å². The van der Waals surface area contributed by atoms with E-state index in [1.54, 1.807) is 0 Å². The maximum Gasteiger partial charge on any atom is 0.244 e. The van der Waals surface area contributed by atoms with Crippen molar-refractivity contribution in [1.29, 1.82) is 5.26 Å². The molecule has 3 N–H and O–H groups in total. The lowest BCUT2D eigenvalue weighted by atomic mass is 9.83. The van der Waals surface area contributed by atoms with Crippen LogP contribution in [0.4, 0.5) is 0 Å². The van der Waals surface area contributed by atoms with Gasteiger partial charge in [0, 0.05) is 5.56 Å². The molecule has 0 spiro atoms. The molecule has 156 valence electrons. The number of rotatable bonds is 4. The molecule has 3 aromatic rings. The molecule has 3 heterocycles. The molecule has 0 radical (unpaired) electrons. The quantitative estimate of drug-likeness (QED) is 0.662. The third-order valence-electron chi connectivity index (χ3n) is 5.56. The van der Waals surface area contributed by atoms with Crippen LogP contribution in [0.25, 0.3) is 11.3 Å². The van der Waals surface area contributed by atoms with Gasteiger partial charge in [-0.05, 0) is 35.6 Å². The van der Waals surface area contributed by atoms with E-state index in [4.69, 9.17) is 19.9 Å². The molecule has 2 aliphatic heterocycles. The smallest absolute Gasteiger partial charge is 0.244 e. The second-order valence-corrected chi connectivity index (χ2v) is 8.15. The average molecular weight is 414 g/mol. The lowest BCUT2D eigenvalue weighted by Crippen LogP contribution is -2.21. The first-order chi connectivity index (χ1) is 15.0. The van der Waals surface area contributed by atoms with Gasteiger partial charge in [0.1, 0.15) is 11.6 Å². The van der Waals surface area contributed by atoms with Crippen LogP contribution < -0.4 is 19.9 Å². The van der Waals surface area contributed by atoms with Crippen LogP contribution in [0.5, 0.6) is 17.4 Å². The fourth-order valence-corrected chi connectivity index (χ4v) is 4.17. The predicted octanol–water partition coefficient (Wildman–Crippen LogP) is 4.22. The van der Waals surface area contributed by atoms with E-state index in [9.17, 15) is 5.26 Å². The van der Waals surface area contributed by atoms with Crippen molar-refractivity contribution in [2.45, 2.75) is 26.2 Å². The first kappa shape index (κ1) is 19.1. The molecule has 2 aliphatic rings. The molecule has 1 atom stereocenters. The summed E-state index contributed by atoms with van der Waals surface area (Å²) in [5.41, 5.74) is 11.1. The number of aromatic nitrogens is 2. The van der Waals surface area contributed by atoms with Gasteiger partial charge in [-0.2, -0.15) is 5.26 Å². The number of allylic oxidation sites excluding steroid dienone is 1. The van der Waals surface area contributed by atoms with Crippen molar-refractivity contribution in [3.05, 3.63) is 70.6 Å². The molecule has 0 saturated carbocycles. The Kier molecular flexibility index (Phi) is 4.55. The Labute approximate surface area is 180 Å². The number of benzene rings is 2. The van der Waals surface area contributed by atoms with Gasteiger partial charge in [0.2, 0.25) is 18.6 Å². The molecule has 2 aromatic carbocycles. The van der Waals surface area contributed by atoms with Gasteiger partial charge < -0.3 is 19.9 Å². The Morgan fingerprint density at radius 1 is 1.16 bits per heavy atom. The maximum absolute atomic E-state index is 9.88. The molecule has 0 amide bonds. The number of aromatic amines is 1. The number of H-pyrrole nitrogens is 1. The highest BCUT2D eigenvalue weighted by Gasteiger charge is 2.36. The molecule has 7 heteroatoms. The average Bonchev–Trinajstić information content (AvgIpc) is 3.39. The molecule has 31 heavy (non-hydrogen) atoms. The van der Waals surface area contributed by atoms with Crippen LogP contribution in [0.1, 0.15) is 36.5 Å². The van der Waals surface area contributed by atoms with Gasteiger partial charge in [0.25, 0.3) is 0 Å². The number of nitrogens with one attached hydrogen (secondary N) is 1. The van der Waals surface area contributed by atoms with Gasteiger partial charge in [-0.1, -0.05) is 44.2 Å². The highest BCUT2D eigenvalue weighted by atomic mass is 16.7. The molecular formula is C24H22N4O3. The lowest BCUT2D eigenvalue weighted by molar-refractivity contribution is 0.174. The summed E-state index contributed by atoms with van der Waals surface area (Å²) in [7, 11) is 0. The van der Waals surface area contributed by atoms with Gasteiger partial charge in [-0.3, -0.25) is 5.10 Å². The number of fused-ring (bicyclic) bond motifs is 2. The second kappa shape index (κ2) is 7.40. The van der Waals surface area contributed by atoms with Gasteiger partial charge >= 0.3 is 0 Å². The van der Waals surface area contributed by atoms with E-state index in [0.717, 1.165) is 28.8 Å². The minimum Gasteiger partial charge on any atom is -0.454 e. The fourth-order valence-electron chi connectivity index (χ4n) is 4.17. The molecule has 5 rings (SSSR count). The van der Waals surface area contributed by atoms with Crippen LogP contribution in [0.3, 0.4) is 0 Å². The molecule has 0 unspecified atom stereocenters. The summed E-state index contributed by atoms with van der Waals surface area (Å²) in [4.78, 5) is 0. The molecule has 0 fully saturated rings. The SMILES string of the molecule is CC(C)Cc1ccc(-c2[nH]nc3c2[C@@H](c2ccc4c(c2)OCO4)C(C#N)=C(N)O3)cc1. The predicted molar refractivity (Wildman–Crippen MR) is 114 cm³/mol. The Morgan fingerprint density at radius 2 is 1.94 bits per heavy atom. The van der Waals surface area contributed by atoms with E-state index in [1.807, 2.05) is 18.2 Å². The number of nitrogens with zero attached hydrogens (tertiary/aromatic N) is 2. The van der Waals surface area contributed by atoms with Gasteiger partial charge in [0.15, 0.2) is 11.5 Å². The highest BCUT2D eigenvalue weighted by Crippen LogP contribution is 2.47. The number of hydrogen-bond donors (Lipinski definition) is 2. The zero-order valence-corrected chi connectivity index (χ0v) is 17.3. The Hall–Kier alpha value is -3.92. The third kappa shape index (κ3) is 3.26. The molecular weight excluding hydrogens is 392 g/mol. The number of nitrogens with two attached hydrogens (primary N) is 1. The largest absolute Gasteiger partial charge is 0.454 e.